The SMILES string of the molecule is CCNC(=O)[C@@H]1CCCN(C(=O)[C@@H]2C[C@H]2c2cc(F)ccc2F)C1. The molecule has 0 radical (unpaired) electrons. The van der Waals surface area contributed by atoms with E-state index in [1.165, 1.54) is 6.07 Å². The highest BCUT2D eigenvalue weighted by Gasteiger charge is 2.47. The minimum absolute atomic E-state index is 0.0153. The number of halogens is 2. The Balaban J connectivity index is 1.63. The topological polar surface area (TPSA) is 49.4 Å². The third-order valence-corrected chi connectivity index (χ3v) is 4.92. The van der Waals surface area contributed by atoms with E-state index >= 15 is 0 Å². The van der Waals surface area contributed by atoms with E-state index in [9.17, 15) is 18.4 Å². The molecule has 1 saturated heterocycles. The van der Waals surface area contributed by atoms with Crippen LogP contribution in [-0.4, -0.2) is 36.3 Å². The first-order valence-corrected chi connectivity index (χ1v) is 8.52. The molecule has 1 aromatic rings. The summed E-state index contributed by atoms with van der Waals surface area (Å²) in [4.78, 5) is 26.3. The Bertz CT molecular complexity index is 650. The number of piperidine rings is 1. The zero-order chi connectivity index (χ0) is 17.3. The van der Waals surface area contributed by atoms with Crippen LogP contribution < -0.4 is 5.32 Å². The molecule has 2 aliphatic rings. The van der Waals surface area contributed by atoms with Crippen LogP contribution in [0, 0.1) is 23.5 Å². The molecule has 3 rings (SSSR count). The van der Waals surface area contributed by atoms with Crippen molar-refractivity contribution in [3.05, 3.63) is 35.4 Å². The highest BCUT2D eigenvalue weighted by atomic mass is 19.1. The van der Waals surface area contributed by atoms with E-state index in [1.807, 2.05) is 6.92 Å². The van der Waals surface area contributed by atoms with Gasteiger partial charge in [0.25, 0.3) is 0 Å². The summed E-state index contributed by atoms with van der Waals surface area (Å²) in [6, 6.07) is 3.37. The zero-order valence-electron chi connectivity index (χ0n) is 13.7. The molecular formula is C18H22F2N2O2. The average molecular weight is 336 g/mol. The van der Waals surface area contributed by atoms with Crippen molar-refractivity contribution in [3.63, 3.8) is 0 Å². The summed E-state index contributed by atoms with van der Waals surface area (Å²) in [5.74, 6) is -1.73. The smallest absolute Gasteiger partial charge is 0.226 e. The summed E-state index contributed by atoms with van der Waals surface area (Å²) in [7, 11) is 0. The molecule has 1 N–H and O–H groups in total. The molecule has 0 unspecified atom stereocenters. The maximum atomic E-state index is 13.8. The summed E-state index contributed by atoms with van der Waals surface area (Å²) in [6.45, 7) is 3.49. The number of nitrogens with zero attached hydrogens (tertiary/aromatic N) is 1. The van der Waals surface area contributed by atoms with Crippen LogP contribution in [0.1, 0.15) is 37.7 Å². The first kappa shape index (κ1) is 16.9. The first-order chi connectivity index (χ1) is 11.5. The summed E-state index contributed by atoms with van der Waals surface area (Å²) in [5.41, 5.74) is 0.283. The van der Waals surface area contributed by atoms with Crippen molar-refractivity contribution in [1.29, 1.82) is 0 Å². The number of hydrogen-bond donors (Lipinski definition) is 1. The van der Waals surface area contributed by atoms with Crippen LogP contribution >= 0.6 is 0 Å². The fourth-order valence-corrected chi connectivity index (χ4v) is 3.55. The minimum atomic E-state index is -0.487. The second kappa shape index (κ2) is 6.87. The number of likely N-dealkylation sites (tertiary alicyclic amines) is 1. The molecule has 1 saturated carbocycles. The molecule has 1 heterocycles. The Morgan fingerprint density at radius 2 is 2.12 bits per heavy atom. The predicted octanol–water partition coefficient (Wildman–Crippen LogP) is 2.44. The van der Waals surface area contributed by atoms with Gasteiger partial charge in [-0.15, -0.1) is 0 Å². The van der Waals surface area contributed by atoms with Crippen molar-refractivity contribution in [2.24, 2.45) is 11.8 Å². The molecule has 2 fully saturated rings. The second-order valence-corrected chi connectivity index (χ2v) is 6.63. The number of nitrogens with one attached hydrogen (secondary N) is 1. The standard InChI is InChI=1S/C18H22F2N2O2/c1-2-21-17(23)11-4-3-7-22(10-11)18(24)15-9-13(15)14-8-12(19)5-6-16(14)20/h5-6,8,11,13,15H,2-4,7,9-10H2,1H3,(H,21,23)/t11-,13+,15-/m1/s1. The third-order valence-electron chi connectivity index (χ3n) is 4.92. The molecule has 130 valence electrons. The van der Waals surface area contributed by atoms with Crippen molar-refractivity contribution in [3.8, 4) is 0 Å². The van der Waals surface area contributed by atoms with Crippen LogP contribution in [0.4, 0.5) is 8.78 Å². The van der Waals surface area contributed by atoms with Gasteiger partial charge in [0.1, 0.15) is 11.6 Å². The fourth-order valence-electron chi connectivity index (χ4n) is 3.55. The second-order valence-electron chi connectivity index (χ2n) is 6.63. The predicted molar refractivity (Wildman–Crippen MR) is 85.2 cm³/mol. The molecule has 4 nitrogen and oxygen atoms in total. The summed E-state index contributed by atoms with van der Waals surface area (Å²) in [5, 5.41) is 2.80. The van der Waals surface area contributed by atoms with Crippen molar-refractivity contribution in [2.45, 2.75) is 32.1 Å². The van der Waals surface area contributed by atoms with E-state index in [0.717, 1.165) is 25.0 Å². The Morgan fingerprint density at radius 1 is 1.33 bits per heavy atom. The van der Waals surface area contributed by atoms with Crippen molar-refractivity contribution in [2.75, 3.05) is 19.6 Å². The Kier molecular flexibility index (Phi) is 4.83. The zero-order valence-corrected chi connectivity index (χ0v) is 13.7. The Labute approximate surface area is 140 Å². The van der Waals surface area contributed by atoms with Crippen LogP contribution in [0.3, 0.4) is 0 Å². The maximum absolute atomic E-state index is 13.8. The summed E-state index contributed by atoms with van der Waals surface area (Å²) in [6.07, 6.45) is 2.11. The van der Waals surface area contributed by atoms with Gasteiger partial charge in [0.05, 0.1) is 5.92 Å². The molecule has 1 aliphatic carbocycles. The lowest BCUT2D eigenvalue weighted by molar-refractivity contribution is -0.136. The van der Waals surface area contributed by atoms with Crippen LogP contribution in [0.25, 0.3) is 0 Å². The van der Waals surface area contributed by atoms with E-state index in [2.05, 4.69) is 5.32 Å². The van der Waals surface area contributed by atoms with Crippen LogP contribution in [-0.2, 0) is 9.59 Å². The van der Waals surface area contributed by atoms with Gasteiger partial charge < -0.3 is 10.2 Å². The van der Waals surface area contributed by atoms with Crippen molar-refractivity contribution in [1.82, 2.24) is 10.2 Å². The van der Waals surface area contributed by atoms with E-state index in [0.29, 0.717) is 26.1 Å². The van der Waals surface area contributed by atoms with Crippen molar-refractivity contribution >= 4 is 11.8 Å². The highest BCUT2D eigenvalue weighted by Crippen LogP contribution is 2.49. The number of carbonyl (C=O) groups is 2. The van der Waals surface area contributed by atoms with E-state index < -0.39 is 11.6 Å². The van der Waals surface area contributed by atoms with Gasteiger partial charge in [0.15, 0.2) is 0 Å². The highest BCUT2D eigenvalue weighted by molar-refractivity contribution is 5.85. The molecule has 2 amide bonds. The number of hydrogen-bond acceptors (Lipinski definition) is 2. The van der Waals surface area contributed by atoms with E-state index in [1.54, 1.807) is 4.90 Å². The molecule has 1 aliphatic heterocycles. The largest absolute Gasteiger partial charge is 0.356 e. The van der Waals surface area contributed by atoms with Crippen LogP contribution in [0.5, 0.6) is 0 Å². The normalized spacial score (nSPS) is 26.1. The van der Waals surface area contributed by atoms with Crippen molar-refractivity contribution < 1.29 is 18.4 Å². The summed E-state index contributed by atoms with van der Waals surface area (Å²) >= 11 is 0. The number of rotatable bonds is 4. The molecule has 0 spiro atoms. The number of benzene rings is 1. The van der Waals surface area contributed by atoms with E-state index in [4.69, 9.17) is 0 Å². The maximum Gasteiger partial charge on any atom is 0.226 e. The average Bonchev–Trinajstić information content (AvgIpc) is 3.37. The third kappa shape index (κ3) is 3.42. The quantitative estimate of drug-likeness (QED) is 0.918. The molecular weight excluding hydrogens is 314 g/mol. The lowest BCUT2D eigenvalue weighted by atomic mass is 9.96. The van der Waals surface area contributed by atoms with Gasteiger partial charge in [0.2, 0.25) is 11.8 Å². The summed E-state index contributed by atoms with van der Waals surface area (Å²) < 4.78 is 27.2. The van der Waals surface area contributed by atoms with Gasteiger partial charge in [-0.2, -0.15) is 0 Å². The number of carbonyl (C=O) groups excluding carboxylic acids is 2. The minimum Gasteiger partial charge on any atom is -0.356 e. The Hall–Kier alpha value is -1.98. The van der Waals surface area contributed by atoms with Crippen LogP contribution in [0.15, 0.2) is 18.2 Å². The van der Waals surface area contributed by atoms with Gasteiger partial charge in [0, 0.05) is 25.6 Å². The van der Waals surface area contributed by atoms with Crippen LogP contribution in [0.2, 0.25) is 0 Å². The molecule has 1 aromatic carbocycles. The lowest BCUT2D eigenvalue weighted by Crippen LogP contribution is -2.46. The van der Waals surface area contributed by atoms with Gasteiger partial charge in [-0.3, -0.25) is 9.59 Å². The molecule has 24 heavy (non-hydrogen) atoms. The van der Waals surface area contributed by atoms with Gasteiger partial charge in [-0.1, -0.05) is 0 Å². The van der Waals surface area contributed by atoms with Gasteiger partial charge in [-0.25, -0.2) is 8.78 Å². The molecule has 6 heteroatoms. The molecule has 0 bridgehead atoms. The number of amides is 2. The van der Waals surface area contributed by atoms with E-state index in [-0.39, 0.29) is 35.1 Å². The van der Waals surface area contributed by atoms with Gasteiger partial charge in [-0.05, 0) is 55.9 Å². The monoisotopic (exact) mass is 336 g/mol. The first-order valence-electron chi connectivity index (χ1n) is 8.52. The lowest BCUT2D eigenvalue weighted by Gasteiger charge is -2.32. The fraction of sp³-hybridized carbons (Fsp3) is 0.556. The molecule has 3 atom stereocenters. The Morgan fingerprint density at radius 3 is 2.88 bits per heavy atom. The molecule has 0 aromatic heterocycles. The van der Waals surface area contributed by atoms with Gasteiger partial charge >= 0.3 is 0 Å².